The average molecular weight is 345 g/mol. The van der Waals surface area contributed by atoms with Gasteiger partial charge in [-0.3, -0.25) is 4.79 Å². The van der Waals surface area contributed by atoms with Gasteiger partial charge in [-0.25, -0.2) is 0 Å². The van der Waals surface area contributed by atoms with E-state index in [1.54, 1.807) is 18.2 Å². The second-order valence-electron chi connectivity index (χ2n) is 5.71. The lowest BCUT2D eigenvalue weighted by atomic mass is 9.77. The van der Waals surface area contributed by atoms with Crippen molar-refractivity contribution in [3.8, 4) is 0 Å². The van der Waals surface area contributed by atoms with Crippen molar-refractivity contribution in [3.05, 3.63) is 33.8 Å². The molecule has 3 nitrogen and oxygen atoms in total. The number of halogens is 2. The Morgan fingerprint density at radius 3 is 2.52 bits per heavy atom. The number of thiocarbonyl (C=S) groups is 1. The summed E-state index contributed by atoms with van der Waals surface area (Å²) in [6.45, 7) is 2.20. The largest absolute Gasteiger partial charge is 0.391 e. The highest BCUT2D eigenvalue weighted by Gasteiger charge is 2.38. The van der Waals surface area contributed by atoms with Crippen LogP contribution in [-0.2, 0) is 0 Å². The van der Waals surface area contributed by atoms with Crippen molar-refractivity contribution in [1.29, 1.82) is 0 Å². The van der Waals surface area contributed by atoms with Crippen LogP contribution in [0.2, 0.25) is 10.0 Å². The number of nitrogens with one attached hydrogen (secondary N) is 1. The van der Waals surface area contributed by atoms with Crippen LogP contribution in [0.25, 0.3) is 0 Å². The number of hydrogen-bond donors (Lipinski definition) is 2. The lowest BCUT2D eigenvalue weighted by molar-refractivity contribution is 0.0901. The van der Waals surface area contributed by atoms with Crippen molar-refractivity contribution in [1.82, 2.24) is 5.32 Å². The molecule has 1 aromatic carbocycles. The number of hydrogen-bond acceptors (Lipinski definition) is 2. The highest BCUT2D eigenvalue weighted by molar-refractivity contribution is 7.80. The van der Waals surface area contributed by atoms with Crippen LogP contribution < -0.4 is 11.1 Å². The van der Waals surface area contributed by atoms with E-state index < -0.39 is 5.54 Å². The van der Waals surface area contributed by atoms with E-state index in [2.05, 4.69) is 12.2 Å². The summed E-state index contributed by atoms with van der Waals surface area (Å²) in [6, 6.07) is 4.80. The minimum absolute atomic E-state index is 0.265. The van der Waals surface area contributed by atoms with Gasteiger partial charge in [0, 0.05) is 5.02 Å². The standard InChI is InChI=1S/C15H18Cl2N2OS/c1-9-4-6-15(7-5-9,14(18)21)19-13(20)11-3-2-10(16)8-12(11)17/h2-3,8-9H,4-7H2,1H3,(H2,18,21)(H,19,20). The fraction of sp³-hybridized carbons (Fsp3) is 0.467. The van der Waals surface area contributed by atoms with Crippen LogP contribution >= 0.6 is 35.4 Å². The molecule has 0 aliphatic heterocycles. The molecule has 1 amide bonds. The molecular formula is C15H18Cl2N2OS. The van der Waals surface area contributed by atoms with Gasteiger partial charge in [0.1, 0.15) is 0 Å². The van der Waals surface area contributed by atoms with E-state index in [4.69, 9.17) is 41.2 Å². The molecular weight excluding hydrogens is 327 g/mol. The summed E-state index contributed by atoms with van der Waals surface area (Å²) >= 11 is 17.1. The number of rotatable bonds is 3. The Balaban J connectivity index is 2.21. The number of nitrogens with two attached hydrogens (primary N) is 1. The summed E-state index contributed by atoms with van der Waals surface area (Å²) in [6.07, 6.45) is 3.51. The fourth-order valence-corrected chi connectivity index (χ4v) is 3.40. The third-order valence-electron chi connectivity index (χ3n) is 4.13. The summed E-state index contributed by atoms with van der Waals surface area (Å²) in [4.78, 5) is 12.8. The first-order valence-corrected chi connectivity index (χ1v) is 8.08. The minimum atomic E-state index is -0.609. The predicted molar refractivity (Wildman–Crippen MR) is 91.1 cm³/mol. The molecule has 0 saturated heterocycles. The summed E-state index contributed by atoms with van der Waals surface area (Å²) in [5.41, 5.74) is 5.67. The summed E-state index contributed by atoms with van der Waals surface area (Å²) in [5.74, 6) is 0.363. The van der Waals surface area contributed by atoms with Crippen molar-refractivity contribution in [2.45, 2.75) is 38.1 Å². The van der Waals surface area contributed by atoms with Gasteiger partial charge in [0.2, 0.25) is 0 Å². The maximum Gasteiger partial charge on any atom is 0.253 e. The highest BCUT2D eigenvalue weighted by Crippen LogP contribution is 2.33. The van der Waals surface area contributed by atoms with Crippen LogP contribution in [-0.4, -0.2) is 16.4 Å². The lowest BCUT2D eigenvalue weighted by Gasteiger charge is -2.39. The first-order chi connectivity index (χ1) is 9.84. The third-order valence-corrected chi connectivity index (χ3v) is 5.07. The van der Waals surface area contributed by atoms with E-state index in [0.717, 1.165) is 25.7 Å². The Labute approximate surface area is 140 Å². The molecule has 2 rings (SSSR count). The van der Waals surface area contributed by atoms with Gasteiger partial charge in [-0.2, -0.15) is 0 Å². The number of carbonyl (C=O) groups is 1. The maximum absolute atomic E-state index is 12.5. The van der Waals surface area contributed by atoms with Crippen molar-refractivity contribution >= 4 is 46.3 Å². The average Bonchev–Trinajstić information content (AvgIpc) is 2.41. The Bertz CT molecular complexity index is 569. The van der Waals surface area contributed by atoms with Crippen LogP contribution in [0, 0.1) is 5.92 Å². The molecule has 0 atom stereocenters. The van der Waals surface area contributed by atoms with Crippen molar-refractivity contribution in [3.63, 3.8) is 0 Å². The molecule has 21 heavy (non-hydrogen) atoms. The Kier molecular flexibility index (Phi) is 5.12. The van der Waals surface area contributed by atoms with Crippen molar-refractivity contribution < 1.29 is 4.79 Å². The number of benzene rings is 1. The molecule has 6 heteroatoms. The first-order valence-electron chi connectivity index (χ1n) is 6.91. The smallest absolute Gasteiger partial charge is 0.253 e. The molecule has 1 aliphatic carbocycles. The summed E-state index contributed by atoms with van der Waals surface area (Å²) < 4.78 is 0. The monoisotopic (exact) mass is 344 g/mol. The molecule has 0 radical (unpaired) electrons. The molecule has 1 aliphatic rings. The first kappa shape index (κ1) is 16.5. The van der Waals surface area contributed by atoms with Gasteiger partial charge in [-0.1, -0.05) is 42.3 Å². The lowest BCUT2D eigenvalue weighted by Crippen LogP contribution is -2.58. The molecule has 114 valence electrons. The summed E-state index contributed by atoms with van der Waals surface area (Å²) in [7, 11) is 0. The normalized spacial score (nSPS) is 25.4. The molecule has 0 spiro atoms. The second kappa shape index (κ2) is 6.51. The van der Waals surface area contributed by atoms with Gasteiger partial charge in [-0.15, -0.1) is 0 Å². The quantitative estimate of drug-likeness (QED) is 0.816. The van der Waals surface area contributed by atoms with E-state index in [1.807, 2.05) is 0 Å². The highest BCUT2D eigenvalue weighted by atomic mass is 35.5. The molecule has 0 heterocycles. The zero-order valence-corrected chi connectivity index (χ0v) is 14.1. The van der Waals surface area contributed by atoms with Crippen LogP contribution in [0.1, 0.15) is 43.0 Å². The van der Waals surface area contributed by atoms with Gasteiger partial charge in [0.15, 0.2) is 0 Å². The fourth-order valence-electron chi connectivity index (χ4n) is 2.65. The Morgan fingerprint density at radius 1 is 1.38 bits per heavy atom. The Hall–Kier alpha value is -0.840. The van der Waals surface area contributed by atoms with E-state index >= 15 is 0 Å². The van der Waals surface area contributed by atoms with Crippen molar-refractivity contribution in [2.75, 3.05) is 0 Å². The molecule has 0 bridgehead atoms. The van der Waals surface area contributed by atoms with Crippen LogP contribution in [0.5, 0.6) is 0 Å². The van der Waals surface area contributed by atoms with Crippen molar-refractivity contribution in [2.24, 2.45) is 11.7 Å². The zero-order valence-electron chi connectivity index (χ0n) is 11.8. The van der Waals surface area contributed by atoms with Gasteiger partial charge >= 0.3 is 0 Å². The van der Waals surface area contributed by atoms with Crippen LogP contribution in [0.3, 0.4) is 0 Å². The van der Waals surface area contributed by atoms with E-state index in [-0.39, 0.29) is 5.91 Å². The van der Waals surface area contributed by atoms with E-state index in [9.17, 15) is 4.79 Å². The summed E-state index contributed by atoms with van der Waals surface area (Å²) in [5, 5.41) is 3.81. The predicted octanol–water partition coefficient (Wildman–Crippen LogP) is 3.96. The van der Waals surface area contributed by atoms with E-state index in [1.165, 1.54) is 0 Å². The number of carbonyl (C=O) groups excluding carboxylic acids is 1. The molecule has 0 unspecified atom stereocenters. The van der Waals surface area contributed by atoms with Gasteiger partial charge in [0.05, 0.1) is 21.1 Å². The maximum atomic E-state index is 12.5. The second-order valence-corrected chi connectivity index (χ2v) is 6.99. The topological polar surface area (TPSA) is 55.1 Å². The SMILES string of the molecule is CC1CCC(NC(=O)c2ccc(Cl)cc2Cl)(C(N)=S)CC1. The molecule has 1 fully saturated rings. The minimum Gasteiger partial charge on any atom is -0.391 e. The molecule has 0 aromatic heterocycles. The third kappa shape index (κ3) is 3.68. The zero-order chi connectivity index (χ0) is 15.6. The van der Waals surface area contributed by atoms with Gasteiger partial charge < -0.3 is 11.1 Å². The van der Waals surface area contributed by atoms with Crippen LogP contribution in [0.15, 0.2) is 18.2 Å². The van der Waals surface area contributed by atoms with Crippen LogP contribution in [0.4, 0.5) is 0 Å². The van der Waals surface area contributed by atoms with Gasteiger partial charge in [0.25, 0.3) is 5.91 Å². The molecule has 1 aromatic rings. The number of amides is 1. The Morgan fingerprint density at radius 2 is 2.00 bits per heavy atom. The van der Waals surface area contributed by atoms with E-state index in [0.29, 0.717) is 26.5 Å². The molecule has 3 N–H and O–H groups in total. The molecule has 1 saturated carbocycles. The van der Waals surface area contributed by atoms with Gasteiger partial charge in [-0.05, 0) is 49.8 Å².